The molecule has 3 aliphatic heterocycles. The number of amides is 1. The molecule has 1 amide bonds. The summed E-state index contributed by atoms with van der Waals surface area (Å²) in [6, 6.07) is 6.64. The number of piperidine rings is 1. The lowest BCUT2D eigenvalue weighted by molar-refractivity contribution is -0.127. The van der Waals surface area contributed by atoms with Gasteiger partial charge in [-0.25, -0.2) is 0 Å². The van der Waals surface area contributed by atoms with Crippen molar-refractivity contribution in [2.24, 2.45) is 5.92 Å². The summed E-state index contributed by atoms with van der Waals surface area (Å²) in [5.74, 6) is 1.12. The summed E-state index contributed by atoms with van der Waals surface area (Å²) >= 11 is 0. The van der Waals surface area contributed by atoms with Crippen LogP contribution in [0.25, 0.3) is 10.8 Å². The first-order chi connectivity index (χ1) is 13.8. The van der Waals surface area contributed by atoms with Crippen molar-refractivity contribution in [3.63, 3.8) is 0 Å². The molecule has 4 heterocycles. The first-order valence-electron chi connectivity index (χ1n) is 10.9. The minimum Gasteiger partial charge on any atom is -0.370 e. The second-order valence-corrected chi connectivity index (χ2v) is 8.64. The molecule has 0 aliphatic carbocycles. The van der Waals surface area contributed by atoms with E-state index >= 15 is 0 Å². The van der Waals surface area contributed by atoms with Gasteiger partial charge in [0.15, 0.2) is 0 Å². The molecule has 1 aromatic carbocycles. The van der Waals surface area contributed by atoms with Crippen LogP contribution in [0.3, 0.4) is 0 Å². The topological polar surface area (TPSA) is 39.7 Å². The van der Waals surface area contributed by atoms with E-state index in [9.17, 15) is 4.79 Å². The van der Waals surface area contributed by atoms with E-state index in [1.165, 1.54) is 54.5 Å². The number of aromatic nitrogens is 1. The Balaban J connectivity index is 1.17. The number of hydrogen-bond donors (Lipinski definition) is 0. The fourth-order valence-corrected chi connectivity index (χ4v) is 5.21. The van der Waals surface area contributed by atoms with Gasteiger partial charge in [0.1, 0.15) is 0 Å². The van der Waals surface area contributed by atoms with E-state index in [0.717, 1.165) is 51.4 Å². The summed E-state index contributed by atoms with van der Waals surface area (Å²) in [5, 5.41) is 2.68. The van der Waals surface area contributed by atoms with E-state index in [2.05, 4.69) is 33.0 Å². The van der Waals surface area contributed by atoms with Gasteiger partial charge in [-0.2, -0.15) is 0 Å². The lowest BCUT2D eigenvalue weighted by Crippen LogP contribution is -2.43. The normalized spacial score (nSPS) is 21.1. The third kappa shape index (κ3) is 3.48. The highest BCUT2D eigenvalue weighted by molar-refractivity contribution is 5.97. The quantitative estimate of drug-likeness (QED) is 0.802. The van der Waals surface area contributed by atoms with Crippen LogP contribution in [0.5, 0.6) is 0 Å². The molecule has 1 aromatic heterocycles. The van der Waals surface area contributed by atoms with Gasteiger partial charge in [-0.05, 0) is 56.3 Å². The molecule has 0 radical (unpaired) electrons. The Morgan fingerprint density at radius 3 is 2.68 bits per heavy atom. The molecule has 0 unspecified atom stereocenters. The van der Waals surface area contributed by atoms with Crippen molar-refractivity contribution in [2.75, 3.05) is 50.7 Å². The molecule has 0 saturated carbocycles. The molecule has 2 fully saturated rings. The number of rotatable bonds is 5. The first kappa shape index (κ1) is 17.9. The number of benzene rings is 1. The average Bonchev–Trinajstić information content (AvgIpc) is 3.14. The number of carbonyl (C=O) groups excluding carboxylic acids is 1. The van der Waals surface area contributed by atoms with Gasteiger partial charge in [0, 0.05) is 68.0 Å². The molecule has 0 spiro atoms. The highest BCUT2D eigenvalue weighted by Crippen LogP contribution is 2.34. The SMILES string of the molecule is O=C1CCCN1CCN1CCC(CN2CCc3cncc4cccc2c34)CC1. The molecule has 0 N–H and O–H groups in total. The maximum atomic E-state index is 11.8. The first-order valence-corrected chi connectivity index (χ1v) is 10.9. The van der Waals surface area contributed by atoms with Crippen LogP contribution in [-0.4, -0.2) is 66.5 Å². The van der Waals surface area contributed by atoms with Gasteiger partial charge in [0.05, 0.1) is 0 Å². The fraction of sp³-hybridized carbons (Fsp3) is 0.565. The summed E-state index contributed by atoms with van der Waals surface area (Å²) < 4.78 is 0. The van der Waals surface area contributed by atoms with Gasteiger partial charge < -0.3 is 14.7 Å². The van der Waals surface area contributed by atoms with Crippen molar-refractivity contribution in [2.45, 2.75) is 32.1 Å². The summed E-state index contributed by atoms with van der Waals surface area (Å²) in [4.78, 5) is 23.4. The number of likely N-dealkylation sites (tertiary alicyclic amines) is 2. The highest BCUT2D eigenvalue weighted by Gasteiger charge is 2.26. The molecule has 2 aromatic rings. The van der Waals surface area contributed by atoms with Crippen LogP contribution in [0, 0.1) is 5.92 Å². The number of nitrogens with zero attached hydrogens (tertiary/aromatic N) is 4. The fourth-order valence-electron chi connectivity index (χ4n) is 5.21. The van der Waals surface area contributed by atoms with E-state index < -0.39 is 0 Å². The lowest BCUT2D eigenvalue weighted by Gasteiger charge is -2.38. The lowest BCUT2D eigenvalue weighted by atomic mass is 9.93. The van der Waals surface area contributed by atoms with Crippen LogP contribution in [0.2, 0.25) is 0 Å². The molecule has 5 heteroatoms. The van der Waals surface area contributed by atoms with Gasteiger partial charge in [-0.3, -0.25) is 9.78 Å². The third-order valence-corrected chi connectivity index (χ3v) is 6.87. The standard InChI is InChI=1S/C23H30N4O/c28-22-5-2-9-26(22)14-13-25-10-6-18(7-11-25)17-27-12-8-20-16-24-15-19-3-1-4-21(27)23(19)20/h1,3-4,15-16,18H,2,5-14,17H2. The van der Waals surface area contributed by atoms with Crippen molar-refractivity contribution in [3.8, 4) is 0 Å². The minimum absolute atomic E-state index is 0.352. The van der Waals surface area contributed by atoms with Gasteiger partial charge in [0.2, 0.25) is 5.91 Å². The smallest absolute Gasteiger partial charge is 0.222 e. The van der Waals surface area contributed by atoms with Crippen molar-refractivity contribution in [3.05, 3.63) is 36.2 Å². The van der Waals surface area contributed by atoms with Crippen LogP contribution in [0.1, 0.15) is 31.2 Å². The van der Waals surface area contributed by atoms with E-state index in [1.54, 1.807) is 0 Å². The molecular formula is C23H30N4O. The predicted molar refractivity (Wildman–Crippen MR) is 113 cm³/mol. The zero-order chi connectivity index (χ0) is 18.9. The van der Waals surface area contributed by atoms with Crippen molar-refractivity contribution >= 4 is 22.4 Å². The summed E-state index contributed by atoms with van der Waals surface area (Å²) in [6.07, 6.45) is 9.48. The third-order valence-electron chi connectivity index (χ3n) is 6.87. The molecule has 2 saturated heterocycles. The van der Waals surface area contributed by atoms with Crippen LogP contribution >= 0.6 is 0 Å². The Morgan fingerprint density at radius 1 is 0.964 bits per heavy atom. The second-order valence-electron chi connectivity index (χ2n) is 8.64. The summed E-state index contributed by atoms with van der Waals surface area (Å²) in [6.45, 7) is 7.54. The van der Waals surface area contributed by atoms with E-state index in [0.29, 0.717) is 5.91 Å². The van der Waals surface area contributed by atoms with Crippen LogP contribution in [-0.2, 0) is 11.2 Å². The minimum atomic E-state index is 0.352. The molecule has 5 nitrogen and oxygen atoms in total. The van der Waals surface area contributed by atoms with Gasteiger partial charge in [-0.15, -0.1) is 0 Å². The van der Waals surface area contributed by atoms with Gasteiger partial charge in [0.25, 0.3) is 0 Å². The number of anilines is 1. The number of pyridine rings is 1. The Bertz CT molecular complexity index is 854. The average molecular weight is 379 g/mol. The molecule has 0 atom stereocenters. The Kier molecular flexibility index (Phi) is 4.93. The van der Waals surface area contributed by atoms with Gasteiger partial charge in [-0.1, -0.05) is 12.1 Å². The zero-order valence-electron chi connectivity index (χ0n) is 16.6. The van der Waals surface area contributed by atoms with Crippen molar-refractivity contribution < 1.29 is 4.79 Å². The van der Waals surface area contributed by atoms with E-state index in [1.807, 2.05) is 17.3 Å². The monoisotopic (exact) mass is 378 g/mol. The zero-order valence-corrected chi connectivity index (χ0v) is 16.6. The van der Waals surface area contributed by atoms with Crippen molar-refractivity contribution in [1.29, 1.82) is 0 Å². The molecular weight excluding hydrogens is 348 g/mol. The maximum absolute atomic E-state index is 11.8. The van der Waals surface area contributed by atoms with E-state index in [4.69, 9.17) is 0 Å². The largest absolute Gasteiger partial charge is 0.370 e. The Hall–Kier alpha value is -2.14. The van der Waals surface area contributed by atoms with Crippen LogP contribution in [0.15, 0.2) is 30.6 Å². The Labute approximate surface area is 167 Å². The summed E-state index contributed by atoms with van der Waals surface area (Å²) in [5.41, 5.74) is 2.80. The van der Waals surface area contributed by atoms with Crippen LogP contribution < -0.4 is 4.90 Å². The molecule has 0 bridgehead atoms. The summed E-state index contributed by atoms with van der Waals surface area (Å²) in [7, 11) is 0. The number of carbonyl (C=O) groups is 1. The molecule has 3 aliphatic rings. The van der Waals surface area contributed by atoms with E-state index in [-0.39, 0.29) is 0 Å². The van der Waals surface area contributed by atoms with Crippen molar-refractivity contribution in [1.82, 2.24) is 14.8 Å². The Morgan fingerprint density at radius 2 is 1.86 bits per heavy atom. The maximum Gasteiger partial charge on any atom is 0.222 e. The molecule has 28 heavy (non-hydrogen) atoms. The predicted octanol–water partition coefficient (Wildman–Crippen LogP) is 2.93. The van der Waals surface area contributed by atoms with Gasteiger partial charge >= 0.3 is 0 Å². The second kappa shape index (κ2) is 7.70. The number of hydrogen-bond acceptors (Lipinski definition) is 4. The van der Waals surface area contributed by atoms with Crippen LogP contribution in [0.4, 0.5) is 5.69 Å². The highest BCUT2D eigenvalue weighted by atomic mass is 16.2. The molecule has 148 valence electrons. The molecule has 5 rings (SSSR count).